The maximum atomic E-state index is 5.58. The first kappa shape index (κ1) is 23.2. The molecular formula is C28H38O. The van der Waals surface area contributed by atoms with Crippen molar-refractivity contribution < 1.29 is 4.74 Å². The largest absolute Gasteiger partial charge is 0.494 e. The molecule has 1 heteroatoms. The molecule has 156 valence electrons. The number of unbranched alkanes of at least 4 members (excludes halogenated alkanes) is 4. The van der Waals surface area contributed by atoms with Gasteiger partial charge in [0.05, 0.1) is 6.61 Å². The van der Waals surface area contributed by atoms with Crippen molar-refractivity contribution in [2.24, 2.45) is 11.8 Å². The third-order valence-corrected chi connectivity index (χ3v) is 5.64. The van der Waals surface area contributed by atoms with E-state index >= 15 is 0 Å². The zero-order chi connectivity index (χ0) is 20.6. The highest BCUT2D eigenvalue weighted by Crippen LogP contribution is 2.31. The fourth-order valence-corrected chi connectivity index (χ4v) is 3.86. The van der Waals surface area contributed by atoms with Crippen molar-refractivity contribution in [2.75, 3.05) is 6.61 Å². The summed E-state index contributed by atoms with van der Waals surface area (Å²) in [5.74, 6) is 15.3. The minimum Gasteiger partial charge on any atom is -0.494 e. The van der Waals surface area contributed by atoms with E-state index in [2.05, 4.69) is 37.5 Å². The van der Waals surface area contributed by atoms with E-state index in [-0.39, 0.29) is 0 Å². The lowest BCUT2D eigenvalue weighted by atomic mass is 9.80. The lowest BCUT2D eigenvalue weighted by Gasteiger charge is -2.25. The van der Waals surface area contributed by atoms with Gasteiger partial charge in [0.2, 0.25) is 0 Å². The molecule has 29 heavy (non-hydrogen) atoms. The van der Waals surface area contributed by atoms with Crippen molar-refractivity contribution in [1.29, 1.82) is 0 Å². The first-order valence-electron chi connectivity index (χ1n) is 11.7. The fourth-order valence-electron chi connectivity index (χ4n) is 3.86. The zero-order valence-corrected chi connectivity index (χ0v) is 18.5. The quantitative estimate of drug-likeness (QED) is 0.312. The zero-order valence-electron chi connectivity index (χ0n) is 18.5. The van der Waals surface area contributed by atoms with Crippen LogP contribution < -0.4 is 4.74 Å². The third-order valence-electron chi connectivity index (χ3n) is 5.64. The first-order valence-corrected chi connectivity index (χ1v) is 11.7. The number of hydrogen-bond acceptors (Lipinski definition) is 1. The van der Waals surface area contributed by atoms with Crippen LogP contribution in [-0.2, 0) is 0 Å². The van der Waals surface area contributed by atoms with E-state index in [1.54, 1.807) is 0 Å². The van der Waals surface area contributed by atoms with Crippen LogP contribution in [0.15, 0.2) is 36.4 Å². The molecule has 0 N–H and O–H groups in total. The van der Waals surface area contributed by atoms with Crippen LogP contribution in [0.1, 0.15) is 90.0 Å². The Hall–Kier alpha value is -2.12. The van der Waals surface area contributed by atoms with Gasteiger partial charge in [-0.25, -0.2) is 0 Å². The van der Waals surface area contributed by atoms with Crippen molar-refractivity contribution in [3.8, 4) is 29.4 Å². The molecule has 0 atom stereocenters. The average molecular weight is 391 g/mol. The molecule has 0 unspecified atom stereocenters. The lowest BCUT2D eigenvalue weighted by Crippen LogP contribution is -2.13. The summed E-state index contributed by atoms with van der Waals surface area (Å²) in [5, 5.41) is 0. The Bertz CT molecular complexity index is 697. The Labute approximate surface area is 179 Å². The predicted octanol–water partition coefficient (Wildman–Crippen LogP) is 7.55. The summed E-state index contributed by atoms with van der Waals surface area (Å²) < 4.78 is 5.58. The van der Waals surface area contributed by atoms with Crippen LogP contribution in [0.2, 0.25) is 0 Å². The third kappa shape index (κ3) is 10.3. The van der Waals surface area contributed by atoms with Crippen LogP contribution in [0.3, 0.4) is 0 Å². The minimum absolute atomic E-state index is 0.583. The summed E-state index contributed by atoms with van der Waals surface area (Å²) in [6.45, 7) is 5.15. The summed E-state index contributed by atoms with van der Waals surface area (Å²) in [5.41, 5.74) is 1.000. The van der Waals surface area contributed by atoms with Gasteiger partial charge in [-0.1, -0.05) is 76.1 Å². The van der Waals surface area contributed by atoms with Crippen LogP contribution in [0, 0.1) is 35.5 Å². The Morgan fingerprint density at radius 2 is 1.59 bits per heavy atom. The number of hydrogen-bond donors (Lipinski definition) is 0. The van der Waals surface area contributed by atoms with Gasteiger partial charge in [0, 0.05) is 11.5 Å². The highest BCUT2D eigenvalue weighted by Gasteiger charge is 2.19. The molecule has 1 aromatic rings. The highest BCUT2D eigenvalue weighted by atomic mass is 16.5. The standard InChI is InChI=1S/C28H38O/c1-3-5-6-7-10-13-25-16-18-26(19-17-25)14-11-8-9-12-15-27-20-22-28(23-21-27)29-24-4-2/h8-9,20-23,25-26H,3-7,10,13,16-19,24H2,1-2H3/b9-8+/t25-,26-. The summed E-state index contributed by atoms with van der Waals surface area (Å²) >= 11 is 0. The highest BCUT2D eigenvalue weighted by molar-refractivity contribution is 5.40. The minimum atomic E-state index is 0.583. The predicted molar refractivity (Wildman–Crippen MR) is 125 cm³/mol. The van der Waals surface area contributed by atoms with E-state index in [9.17, 15) is 0 Å². The second-order valence-corrected chi connectivity index (χ2v) is 8.18. The van der Waals surface area contributed by atoms with Gasteiger partial charge in [0.1, 0.15) is 5.75 Å². The number of benzene rings is 1. The number of allylic oxidation sites excluding steroid dienone is 2. The van der Waals surface area contributed by atoms with Gasteiger partial charge in [0.25, 0.3) is 0 Å². The van der Waals surface area contributed by atoms with Gasteiger partial charge >= 0.3 is 0 Å². The molecular weight excluding hydrogens is 352 g/mol. The SMILES string of the molecule is CCCCCCC[C@H]1CC[C@H](C#C/C=C/C#Cc2ccc(OCCC)cc2)CC1. The molecule has 0 radical (unpaired) electrons. The summed E-state index contributed by atoms with van der Waals surface area (Å²) in [4.78, 5) is 0. The summed E-state index contributed by atoms with van der Waals surface area (Å²) in [6, 6.07) is 7.95. The van der Waals surface area contributed by atoms with Crippen LogP contribution in [0.4, 0.5) is 0 Å². The van der Waals surface area contributed by atoms with Crippen LogP contribution in [0.25, 0.3) is 0 Å². The number of ether oxygens (including phenoxy) is 1. The van der Waals surface area contributed by atoms with E-state index in [0.29, 0.717) is 5.92 Å². The van der Waals surface area contributed by atoms with E-state index in [1.165, 1.54) is 64.2 Å². The molecule has 1 fully saturated rings. The maximum absolute atomic E-state index is 5.58. The molecule has 1 saturated carbocycles. The molecule has 0 aliphatic heterocycles. The Morgan fingerprint density at radius 1 is 0.862 bits per heavy atom. The van der Waals surface area contributed by atoms with Crippen LogP contribution in [0.5, 0.6) is 5.75 Å². The van der Waals surface area contributed by atoms with Gasteiger partial charge in [0.15, 0.2) is 0 Å². The Morgan fingerprint density at radius 3 is 2.31 bits per heavy atom. The molecule has 1 nitrogen and oxygen atoms in total. The molecule has 0 aromatic heterocycles. The Kier molecular flexibility index (Phi) is 11.8. The smallest absolute Gasteiger partial charge is 0.119 e. The second-order valence-electron chi connectivity index (χ2n) is 8.18. The van der Waals surface area contributed by atoms with E-state index in [1.807, 2.05) is 36.4 Å². The molecule has 0 saturated heterocycles. The van der Waals surface area contributed by atoms with Crippen molar-refractivity contribution in [3.63, 3.8) is 0 Å². The van der Waals surface area contributed by atoms with Crippen LogP contribution in [-0.4, -0.2) is 6.61 Å². The van der Waals surface area contributed by atoms with Gasteiger partial charge in [-0.15, -0.1) is 0 Å². The van der Waals surface area contributed by atoms with Crippen molar-refractivity contribution >= 4 is 0 Å². The summed E-state index contributed by atoms with van der Waals surface area (Å²) in [6.07, 6.45) is 18.5. The second kappa shape index (κ2) is 14.8. The van der Waals surface area contributed by atoms with Crippen molar-refractivity contribution in [3.05, 3.63) is 42.0 Å². The molecule has 1 aromatic carbocycles. The first-order chi connectivity index (χ1) is 14.3. The van der Waals surface area contributed by atoms with E-state index in [0.717, 1.165) is 30.3 Å². The lowest BCUT2D eigenvalue weighted by molar-refractivity contribution is 0.294. The van der Waals surface area contributed by atoms with Crippen molar-refractivity contribution in [2.45, 2.75) is 84.5 Å². The maximum Gasteiger partial charge on any atom is 0.119 e. The van der Waals surface area contributed by atoms with E-state index < -0.39 is 0 Å². The molecule has 2 rings (SSSR count). The molecule has 1 aliphatic carbocycles. The summed E-state index contributed by atoms with van der Waals surface area (Å²) in [7, 11) is 0. The van der Waals surface area contributed by atoms with Gasteiger partial charge in [-0.05, 0) is 74.4 Å². The molecule has 0 amide bonds. The normalized spacial score (nSPS) is 18.6. The molecule has 0 bridgehead atoms. The molecule has 0 spiro atoms. The Balaban J connectivity index is 1.64. The fraction of sp³-hybridized carbons (Fsp3) is 0.571. The molecule has 1 aliphatic rings. The van der Waals surface area contributed by atoms with Gasteiger partial charge < -0.3 is 4.74 Å². The van der Waals surface area contributed by atoms with Crippen LogP contribution >= 0.6 is 0 Å². The molecule has 0 heterocycles. The van der Waals surface area contributed by atoms with Gasteiger partial charge in [-0.2, -0.15) is 0 Å². The average Bonchev–Trinajstić information content (AvgIpc) is 2.76. The van der Waals surface area contributed by atoms with Gasteiger partial charge in [-0.3, -0.25) is 0 Å². The monoisotopic (exact) mass is 390 g/mol. The topological polar surface area (TPSA) is 9.23 Å². The number of rotatable bonds is 9. The van der Waals surface area contributed by atoms with Crippen molar-refractivity contribution in [1.82, 2.24) is 0 Å². The van der Waals surface area contributed by atoms with E-state index in [4.69, 9.17) is 4.74 Å².